The Labute approximate surface area is 187 Å². The fourth-order valence-corrected chi connectivity index (χ4v) is 4.05. The summed E-state index contributed by atoms with van der Waals surface area (Å²) in [7, 11) is 0. The van der Waals surface area contributed by atoms with E-state index in [-0.39, 0.29) is 36.8 Å². The molecular weight excluding hydrogens is 419 g/mol. The molecule has 0 spiro atoms. The van der Waals surface area contributed by atoms with Gasteiger partial charge in [-0.15, -0.1) is 0 Å². The molecule has 0 aliphatic heterocycles. The van der Waals surface area contributed by atoms with Crippen molar-refractivity contribution < 1.29 is 18.7 Å². The highest BCUT2D eigenvalue weighted by molar-refractivity contribution is 6.32. The van der Waals surface area contributed by atoms with Crippen LogP contribution >= 0.6 is 11.6 Å². The average molecular weight is 447 g/mol. The number of halogens is 2. The number of para-hydroxylation sites is 1. The van der Waals surface area contributed by atoms with E-state index in [1.54, 1.807) is 36.4 Å². The second-order valence-corrected chi connectivity index (χ2v) is 8.19. The highest BCUT2D eigenvalue weighted by Crippen LogP contribution is 2.24. The SMILES string of the molecule is CC[C@@H](C(=O)NC1CCCC1)N(Cc1ccc(F)cc1)C(=O)COc1ccccc1Cl. The van der Waals surface area contributed by atoms with Gasteiger partial charge in [0.2, 0.25) is 5.91 Å². The standard InChI is InChI=1S/C24H28ClFN2O3/c1-2-21(24(30)27-19-7-3-4-8-19)28(15-17-11-13-18(26)14-12-17)23(29)16-31-22-10-6-5-9-20(22)25/h5-6,9-14,19,21H,2-4,7-8,15-16H2,1H3,(H,27,30)/t21-/m0/s1. The third-order valence-electron chi connectivity index (χ3n) is 5.54. The summed E-state index contributed by atoms with van der Waals surface area (Å²) in [6.07, 6.45) is 4.59. The van der Waals surface area contributed by atoms with Gasteiger partial charge in [-0.05, 0) is 49.1 Å². The van der Waals surface area contributed by atoms with Crippen LogP contribution in [0.2, 0.25) is 5.02 Å². The number of rotatable bonds is 9. The van der Waals surface area contributed by atoms with Gasteiger partial charge in [0, 0.05) is 12.6 Å². The first kappa shape index (κ1) is 23.1. The van der Waals surface area contributed by atoms with E-state index in [4.69, 9.17) is 16.3 Å². The molecule has 7 heteroatoms. The Bertz CT molecular complexity index is 885. The Morgan fingerprint density at radius 2 is 1.84 bits per heavy atom. The number of nitrogens with one attached hydrogen (secondary N) is 1. The maximum Gasteiger partial charge on any atom is 0.261 e. The van der Waals surface area contributed by atoms with Gasteiger partial charge in [-0.25, -0.2) is 4.39 Å². The van der Waals surface area contributed by atoms with Crippen LogP contribution in [0, 0.1) is 5.82 Å². The Hall–Kier alpha value is -2.60. The van der Waals surface area contributed by atoms with Crippen molar-refractivity contribution in [3.8, 4) is 5.75 Å². The van der Waals surface area contributed by atoms with Crippen molar-refractivity contribution in [3.63, 3.8) is 0 Å². The first-order chi connectivity index (χ1) is 15.0. The second kappa shape index (κ2) is 11.1. The van der Waals surface area contributed by atoms with Gasteiger partial charge in [-0.1, -0.05) is 55.6 Å². The number of nitrogens with zero attached hydrogens (tertiary/aromatic N) is 1. The van der Waals surface area contributed by atoms with Crippen LogP contribution in [0.5, 0.6) is 5.75 Å². The minimum Gasteiger partial charge on any atom is -0.482 e. The zero-order chi connectivity index (χ0) is 22.2. The number of hydrogen-bond acceptors (Lipinski definition) is 3. The Kier molecular flexibility index (Phi) is 8.29. The fourth-order valence-electron chi connectivity index (χ4n) is 3.86. The summed E-state index contributed by atoms with van der Waals surface area (Å²) >= 11 is 6.12. The lowest BCUT2D eigenvalue weighted by Gasteiger charge is -2.31. The topological polar surface area (TPSA) is 58.6 Å². The molecule has 2 aromatic rings. The normalized spacial score (nSPS) is 14.8. The van der Waals surface area contributed by atoms with Crippen LogP contribution in [-0.2, 0) is 16.1 Å². The summed E-state index contributed by atoms with van der Waals surface area (Å²) in [6.45, 7) is 1.80. The molecule has 1 saturated carbocycles. The van der Waals surface area contributed by atoms with E-state index in [1.165, 1.54) is 17.0 Å². The van der Waals surface area contributed by atoms with Gasteiger partial charge in [0.15, 0.2) is 6.61 Å². The van der Waals surface area contributed by atoms with Gasteiger partial charge in [0.25, 0.3) is 5.91 Å². The van der Waals surface area contributed by atoms with Gasteiger partial charge in [0.1, 0.15) is 17.6 Å². The Morgan fingerprint density at radius 3 is 2.48 bits per heavy atom. The van der Waals surface area contributed by atoms with Crippen molar-refractivity contribution in [3.05, 3.63) is 64.9 Å². The Balaban J connectivity index is 1.76. The molecule has 1 aliphatic rings. The maximum absolute atomic E-state index is 13.3. The molecule has 1 fully saturated rings. The number of carbonyl (C=O) groups is 2. The molecule has 0 bridgehead atoms. The van der Waals surface area contributed by atoms with Crippen molar-refractivity contribution in [1.29, 1.82) is 0 Å². The predicted octanol–water partition coefficient (Wildman–Crippen LogP) is 4.72. The summed E-state index contributed by atoms with van der Waals surface area (Å²) in [6, 6.07) is 12.3. The van der Waals surface area contributed by atoms with Crippen LogP contribution in [0.3, 0.4) is 0 Å². The number of ether oxygens (including phenoxy) is 1. The Morgan fingerprint density at radius 1 is 1.16 bits per heavy atom. The van der Waals surface area contributed by atoms with E-state index in [9.17, 15) is 14.0 Å². The van der Waals surface area contributed by atoms with Crippen molar-refractivity contribution in [2.45, 2.75) is 57.7 Å². The summed E-state index contributed by atoms with van der Waals surface area (Å²) in [5, 5.41) is 3.50. The van der Waals surface area contributed by atoms with E-state index >= 15 is 0 Å². The fraction of sp³-hybridized carbons (Fsp3) is 0.417. The van der Waals surface area contributed by atoms with Crippen LogP contribution < -0.4 is 10.1 Å². The summed E-state index contributed by atoms with van der Waals surface area (Å²) in [5.74, 6) is -0.447. The molecule has 5 nitrogen and oxygen atoms in total. The molecule has 1 atom stereocenters. The molecule has 0 saturated heterocycles. The number of benzene rings is 2. The van der Waals surface area contributed by atoms with Crippen LogP contribution in [0.15, 0.2) is 48.5 Å². The zero-order valence-corrected chi connectivity index (χ0v) is 18.4. The monoisotopic (exact) mass is 446 g/mol. The lowest BCUT2D eigenvalue weighted by molar-refractivity contribution is -0.143. The highest BCUT2D eigenvalue weighted by Gasteiger charge is 2.31. The molecular formula is C24H28ClFN2O3. The van der Waals surface area contributed by atoms with E-state index in [0.29, 0.717) is 17.2 Å². The summed E-state index contributed by atoms with van der Waals surface area (Å²) < 4.78 is 19.0. The van der Waals surface area contributed by atoms with Crippen molar-refractivity contribution in [1.82, 2.24) is 10.2 Å². The van der Waals surface area contributed by atoms with E-state index in [2.05, 4.69) is 5.32 Å². The van der Waals surface area contributed by atoms with Gasteiger partial charge in [-0.2, -0.15) is 0 Å². The highest BCUT2D eigenvalue weighted by atomic mass is 35.5. The van der Waals surface area contributed by atoms with Gasteiger partial charge in [0.05, 0.1) is 5.02 Å². The third-order valence-corrected chi connectivity index (χ3v) is 5.85. The van der Waals surface area contributed by atoms with Crippen molar-refractivity contribution in [2.24, 2.45) is 0 Å². The van der Waals surface area contributed by atoms with Crippen molar-refractivity contribution >= 4 is 23.4 Å². The molecule has 3 rings (SSSR count). The molecule has 0 radical (unpaired) electrons. The van der Waals surface area contributed by atoms with Crippen LogP contribution in [0.4, 0.5) is 4.39 Å². The van der Waals surface area contributed by atoms with Crippen molar-refractivity contribution in [2.75, 3.05) is 6.61 Å². The lowest BCUT2D eigenvalue weighted by atomic mass is 10.1. The first-order valence-corrected chi connectivity index (χ1v) is 11.1. The minimum absolute atomic E-state index is 0.156. The second-order valence-electron chi connectivity index (χ2n) is 7.78. The third kappa shape index (κ3) is 6.44. The largest absolute Gasteiger partial charge is 0.482 e. The van der Waals surface area contributed by atoms with Gasteiger partial charge in [-0.3, -0.25) is 9.59 Å². The number of carbonyl (C=O) groups excluding carboxylic acids is 2. The minimum atomic E-state index is -0.645. The zero-order valence-electron chi connectivity index (χ0n) is 17.7. The van der Waals surface area contributed by atoms with Gasteiger partial charge >= 0.3 is 0 Å². The predicted molar refractivity (Wildman–Crippen MR) is 118 cm³/mol. The number of hydrogen-bond donors (Lipinski definition) is 1. The van der Waals surface area contributed by atoms with Crippen LogP contribution in [0.1, 0.15) is 44.6 Å². The summed E-state index contributed by atoms with van der Waals surface area (Å²) in [4.78, 5) is 27.7. The molecule has 166 valence electrons. The average Bonchev–Trinajstić information content (AvgIpc) is 3.27. The van der Waals surface area contributed by atoms with Crippen LogP contribution in [0.25, 0.3) is 0 Å². The van der Waals surface area contributed by atoms with E-state index in [0.717, 1.165) is 31.2 Å². The van der Waals surface area contributed by atoms with E-state index < -0.39 is 6.04 Å². The molecule has 0 heterocycles. The van der Waals surface area contributed by atoms with Crippen LogP contribution in [-0.4, -0.2) is 35.4 Å². The molecule has 0 unspecified atom stereocenters. The summed E-state index contributed by atoms with van der Waals surface area (Å²) in [5.41, 5.74) is 0.736. The van der Waals surface area contributed by atoms with Gasteiger partial charge < -0.3 is 15.0 Å². The molecule has 0 aromatic heterocycles. The maximum atomic E-state index is 13.3. The number of amides is 2. The molecule has 1 aliphatic carbocycles. The first-order valence-electron chi connectivity index (χ1n) is 10.7. The lowest BCUT2D eigenvalue weighted by Crippen LogP contribution is -2.52. The smallest absolute Gasteiger partial charge is 0.261 e. The molecule has 2 aromatic carbocycles. The molecule has 1 N–H and O–H groups in total. The van der Waals surface area contributed by atoms with E-state index in [1.807, 2.05) is 6.92 Å². The molecule has 31 heavy (non-hydrogen) atoms. The quantitative estimate of drug-likeness (QED) is 0.606. The molecule has 2 amide bonds.